The van der Waals surface area contributed by atoms with Gasteiger partial charge in [0, 0.05) is 29.4 Å². The zero-order valence-electron chi connectivity index (χ0n) is 16.3. The largest absolute Gasteiger partial charge is 0.465 e. The molecule has 0 aliphatic heterocycles. The quantitative estimate of drug-likeness (QED) is 0.509. The van der Waals surface area contributed by atoms with Crippen molar-refractivity contribution < 1.29 is 14.1 Å². The van der Waals surface area contributed by atoms with Crippen molar-refractivity contribution in [3.63, 3.8) is 0 Å². The number of aromatic nitrogens is 4. The topological polar surface area (TPSA) is 103 Å². The molecule has 3 aromatic heterocycles. The van der Waals surface area contributed by atoms with Gasteiger partial charge in [0.1, 0.15) is 0 Å². The van der Waals surface area contributed by atoms with Gasteiger partial charge in [0.2, 0.25) is 0 Å². The number of carbonyl (C=O) groups excluding carboxylic acids is 1. The van der Waals surface area contributed by atoms with Crippen LogP contribution < -0.4 is 5.32 Å². The number of benzene rings is 1. The third-order valence-electron chi connectivity index (χ3n) is 4.44. The van der Waals surface area contributed by atoms with E-state index in [9.17, 15) is 4.79 Å². The lowest BCUT2D eigenvalue weighted by Gasteiger charge is -2.13. The van der Waals surface area contributed by atoms with Crippen LogP contribution in [0.15, 0.2) is 47.1 Å². The fourth-order valence-electron chi connectivity index (χ4n) is 2.96. The summed E-state index contributed by atoms with van der Waals surface area (Å²) in [4.78, 5) is 25.3. The highest BCUT2D eigenvalue weighted by Gasteiger charge is 2.18. The van der Waals surface area contributed by atoms with Gasteiger partial charge in [-0.25, -0.2) is 14.8 Å². The molecule has 0 unspecified atom stereocenters. The van der Waals surface area contributed by atoms with Gasteiger partial charge >= 0.3 is 5.97 Å². The molecule has 1 N–H and O–H groups in total. The Balaban J connectivity index is 1.86. The number of rotatable bonds is 5. The molecule has 29 heavy (non-hydrogen) atoms. The summed E-state index contributed by atoms with van der Waals surface area (Å²) in [6.45, 7) is 3.87. The van der Waals surface area contributed by atoms with Crippen LogP contribution in [0, 0.1) is 6.92 Å². The Morgan fingerprint density at radius 3 is 2.83 bits per heavy atom. The molecule has 146 valence electrons. The van der Waals surface area contributed by atoms with Gasteiger partial charge in [-0.15, -0.1) is 0 Å². The predicted octanol–water partition coefficient (Wildman–Crippen LogP) is 4.08. The molecular formula is C21H19N5O3. The number of esters is 1. The molecule has 0 bridgehead atoms. The van der Waals surface area contributed by atoms with Crippen LogP contribution >= 0.6 is 0 Å². The van der Waals surface area contributed by atoms with E-state index in [1.165, 1.54) is 7.11 Å². The summed E-state index contributed by atoms with van der Waals surface area (Å²) in [5.41, 5.74) is 3.97. The van der Waals surface area contributed by atoms with Crippen LogP contribution in [-0.2, 0) is 11.2 Å². The third-order valence-corrected chi connectivity index (χ3v) is 4.44. The van der Waals surface area contributed by atoms with Crippen molar-refractivity contribution in [3.8, 4) is 11.5 Å². The van der Waals surface area contributed by atoms with Crippen molar-refractivity contribution in [3.05, 3.63) is 59.7 Å². The molecule has 3 heterocycles. The summed E-state index contributed by atoms with van der Waals surface area (Å²) in [5.74, 6) is 0.569. The molecule has 0 aliphatic rings. The number of aryl methyl sites for hydroxylation is 2. The van der Waals surface area contributed by atoms with Crippen molar-refractivity contribution in [2.45, 2.75) is 20.3 Å². The number of nitrogens with one attached hydrogen (secondary N) is 1. The van der Waals surface area contributed by atoms with E-state index in [1.807, 2.05) is 32.0 Å². The second-order valence-corrected chi connectivity index (χ2v) is 6.44. The van der Waals surface area contributed by atoms with Crippen molar-refractivity contribution in [2.24, 2.45) is 0 Å². The summed E-state index contributed by atoms with van der Waals surface area (Å²) in [6.07, 6.45) is 2.32. The summed E-state index contributed by atoms with van der Waals surface area (Å²) >= 11 is 0. The Morgan fingerprint density at radius 2 is 2.07 bits per heavy atom. The number of carbonyl (C=O) groups is 1. The van der Waals surface area contributed by atoms with Crippen LogP contribution in [0.5, 0.6) is 0 Å². The molecule has 0 amide bonds. The van der Waals surface area contributed by atoms with Crippen molar-refractivity contribution in [1.29, 1.82) is 0 Å². The molecular weight excluding hydrogens is 370 g/mol. The van der Waals surface area contributed by atoms with Gasteiger partial charge in [-0.3, -0.25) is 0 Å². The van der Waals surface area contributed by atoms with Gasteiger partial charge in [0.25, 0.3) is 5.89 Å². The van der Waals surface area contributed by atoms with Gasteiger partial charge < -0.3 is 14.6 Å². The van der Waals surface area contributed by atoms with Crippen LogP contribution in [0.1, 0.15) is 28.8 Å². The number of ether oxygens (including phenoxy) is 1. The molecule has 4 rings (SSSR count). The molecule has 8 nitrogen and oxygen atoms in total. The van der Waals surface area contributed by atoms with E-state index in [2.05, 4.69) is 25.4 Å². The molecule has 8 heteroatoms. The van der Waals surface area contributed by atoms with E-state index >= 15 is 0 Å². The molecule has 0 radical (unpaired) electrons. The molecule has 0 saturated heterocycles. The van der Waals surface area contributed by atoms with Crippen LogP contribution in [0.25, 0.3) is 22.5 Å². The lowest BCUT2D eigenvalue weighted by atomic mass is 10.1. The maximum Gasteiger partial charge on any atom is 0.337 e. The van der Waals surface area contributed by atoms with Gasteiger partial charge in [-0.05, 0) is 37.3 Å². The highest BCUT2D eigenvalue weighted by atomic mass is 16.5. The zero-order valence-corrected chi connectivity index (χ0v) is 16.3. The van der Waals surface area contributed by atoms with Gasteiger partial charge in [0.05, 0.1) is 23.9 Å². The average molecular weight is 389 g/mol. The SMILES string of the molecule is CCc1noc(-c2cnc3nc(C)ccc3c2Nc2cccc(C(=O)OC)c2)n1. The second-order valence-electron chi connectivity index (χ2n) is 6.44. The normalized spacial score (nSPS) is 10.9. The number of nitrogens with zero attached hydrogens (tertiary/aromatic N) is 4. The molecule has 0 spiro atoms. The Bertz CT molecular complexity index is 1200. The lowest BCUT2D eigenvalue weighted by Crippen LogP contribution is -2.03. The molecule has 0 fully saturated rings. The lowest BCUT2D eigenvalue weighted by molar-refractivity contribution is 0.0601. The molecule has 0 atom stereocenters. The maximum absolute atomic E-state index is 11.9. The van der Waals surface area contributed by atoms with Crippen molar-refractivity contribution >= 4 is 28.4 Å². The van der Waals surface area contributed by atoms with E-state index in [1.54, 1.807) is 24.4 Å². The van der Waals surface area contributed by atoms with Crippen LogP contribution in [0.2, 0.25) is 0 Å². The van der Waals surface area contributed by atoms with Gasteiger partial charge in [0.15, 0.2) is 11.5 Å². The number of anilines is 2. The predicted molar refractivity (Wildman–Crippen MR) is 108 cm³/mol. The van der Waals surface area contributed by atoms with E-state index in [0.29, 0.717) is 40.6 Å². The average Bonchev–Trinajstić information content (AvgIpc) is 3.22. The summed E-state index contributed by atoms with van der Waals surface area (Å²) in [7, 11) is 1.35. The fourth-order valence-corrected chi connectivity index (χ4v) is 2.96. The first-order valence-electron chi connectivity index (χ1n) is 9.13. The minimum atomic E-state index is -0.407. The summed E-state index contributed by atoms with van der Waals surface area (Å²) < 4.78 is 10.2. The van der Waals surface area contributed by atoms with E-state index in [0.717, 1.165) is 16.8 Å². The van der Waals surface area contributed by atoms with Gasteiger partial charge in [-0.1, -0.05) is 18.1 Å². The first-order valence-corrected chi connectivity index (χ1v) is 9.13. The highest BCUT2D eigenvalue weighted by molar-refractivity contribution is 5.99. The Kier molecular flexibility index (Phi) is 4.90. The smallest absolute Gasteiger partial charge is 0.337 e. The van der Waals surface area contributed by atoms with Gasteiger partial charge in [-0.2, -0.15) is 4.98 Å². The number of hydrogen-bond acceptors (Lipinski definition) is 8. The summed E-state index contributed by atoms with van der Waals surface area (Å²) in [6, 6.07) is 10.9. The first kappa shape index (κ1) is 18.5. The Morgan fingerprint density at radius 1 is 1.21 bits per heavy atom. The van der Waals surface area contributed by atoms with Crippen LogP contribution in [0.4, 0.5) is 11.4 Å². The van der Waals surface area contributed by atoms with Crippen LogP contribution in [-0.4, -0.2) is 33.2 Å². The molecule has 1 aromatic carbocycles. The first-order chi connectivity index (χ1) is 14.1. The fraction of sp³-hybridized carbons (Fsp3) is 0.190. The monoisotopic (exact) mass is 389 g/mol. The van der Waals surface area contributed by atoms with Crippen LogP contribution in [0.3, 0.4) is 0 Å². The van der Waals surface area contributed by atoms with E-state index in [4.69, 9.17) is 9.26 Å². The number of methoxy groups -OCH3 is 1. The zero-order chi connectivity index (χ0) is 20.4. The van der Waals surface area contributed by atoms with Crippen molar-refractivity contribution in [1.82, 2.24) is 20.1 Å². The van der Waals surface area contributed by atoms with E-state index in [-0.39, 0.29) is 0 Å². The maximum atomic E-state index is 11.9. The number of pyridine rings is 2. The molecule has 0 saturated carbocycles. The Hall–Kier alpha value is -3.81. The molecule has 4 aromatic rings. The van der Waals surface area contributed by atoms with Crippen molar-refractivity contribution in [2.75, 3.05) is 12.4 Å². The number of hydrogen-bond donors (Lipinski definition) is 1. The standard InChI is InChI=1S/C21H19N5O3/c1-4-17-25-20(29-26-17)16-11-22-19-15(9-8-12(2)23-19)18(16)24-14-7-5-6-13(10-14)21(27)28-3/h5-11H,4H2,1-3H3,(H,22,23,24). The second kappa shape index (κ2) is 7.67. The molecule has 0 aliphatic carbocycles. The van der Waals surface area contributed by atoms with E-state index < -0.39 is 5.97 Å². The summed E-state index contributed by atoms with van der Waals surface area (Å²) in [5, 5.41) is 8.15. The Labute approximate surface area is 167 Å². The third kappa shape index (κ3) is 3.64. The minimum absolute atomic E-state index is 0.364. The minimum Gasteiger partial charge on any atom is -0.465 e. The highest BCUT2D eigenvalue weighted by Crippen LogP contribution is 2.34. The number of fused-ring (bicyclic) bond motifs is 1.